The van der Waals surface area contributed by atoms with E-state index in [1.807, 2.05) is 49.9 Å². The molecule has 2 aromatic rings. The summed E-state index contributed by atoms with van der Waals surface area (Å²) < 4.78 is 1.79. The highest BCUT2D eigenvalue weighted by Gasteiger charge is 2.16. The van der Waals surface area contributed by atoms with Crippen LogP contribution in [-0.4, -0.2) is 52.1 Å². The van der Waals surface area contributed by atoms with Gasteiger partial charge in [0.15, 0.2) is 5.82 Å². The number of nitrogens with zero attached hydrogens (tertiary/aromatic N) is 5. The molecule has 2 rings (SSSR count). The second-order valence-corrected chi connectivity index (χ2v) is 4.79. The summed E-state index contributed by atoms with van der Waals surface area (Å²) >= 11 is 0. The highest BCUT2D eigenvalue weighted by Crippen LogP contribution is 2.18. The van der Waals surface area contributed by atoms with E-state index in [0.717, 1.165) is 30.1 Å². The Labute approximate surface area is 119 Å². The third-order valence-corrected chi connectivity index (χ3v) is 3.34. The van der Waals surface area contributed by atoms with Crippen LogP contribution in [0, 0.1) is 6.92 Å². The zero-order valence-corrected chi connectivity index (χ0v) is 12.5. The topological polar surface area (TPSA) is 53.7 Å². The summed E-state index contributed by atoms with van der Waals surface area (Å²) in [4.78, 5) is 20.2. The molecule has 0 fully saturated rings. The number of carbonyl (C=O) groups is 1. The minimum absolute atomic E-state index is 0.109. The summed E-state index contributed by atoms with van der Waals surface area (Å²) in [5.74, 6) is 0.881. The molecule has 1 amide bonds. The molecule has 2 aromatic heterocycles. The van der Waals surface area contributed by atoms with E-state index in [1.165, 1.54) is 0 Å². The van der Waals surface area contributed by atoms with Crippen molar-refractivity contribution in [2.24, 2.45) is 0 Å². The fraction of sp³-hybridized carbons (Fsp3) is 0.500. The number of aryl methyl sites for hydroxylation is 1. The number of rotatable bonds is 5. The SMILES string of the molecule is CCN(CC)C(=O)CN(C)c1nccn2nc(C)cc12. The van der Waals surface area contributed by atoms with Gasteiger partial charge in [0.25, 0.3) is 0 Å². The molecule has 0 bridgehead atoms. The average molecular weight is 275 g/mol. The van der Waals surface area contributed by atoms with Gasteiger partial charge < -0.3 is 9.80 Å². The Morgan fingerprint density at radius 3 is 2.70 bits per heavy atom. The lowest BCUT2D eigenvalue weighted by Crippen LogP contribution is -2.39. The van der Waals surface area contributed by atoms with E-state index in [-0.39, 0.29) is 5.91 Å². The van der Waals surface area contributed by atoms with Crippen LogP contribution in [0.25, 0.3) is 5.52 Å². The van der Waals surface area contributed by atoms with Crippen molar-refractivity contribution in [2.45, 2.75) is 20.8 Å². The van der Waals surface area contributed by atoms with Crippen molar-refractivity contribution in [1.29, 1.82) is 0 Å². The summed E-state index contributed by atoms with van der Waals surface area (Å²) in [7, 11) is 1.88. The van der Waals surface area contributed by atoms with Gasteiger partial charge in [0, 0.05) is 32.5 Å². The predicted octanol–water partition coefficient (Wildman–Crippen LogP) is 1.34. The molecule has 0 aliphatic rings. The zero-order chi connectivity index (χ0) is 14.7. The van der Waals surface area contributed by atoms with Crippen molar-refractivity contribution >= 4 is 17.2 Å². The molecular formula is C14H21N5O. The van der Waals surface area contributed by atoms with Gasteiger partial charge in [0.1, 0.15) is 5.52 Å². The second-order valence-electron chi connectivity index (χ2n) is 4.79. The Kier molecular flexibility index (Phi) is 4.22. The van der Waals surface area contributed by atoms with Crippen LogP contribution >= 0.6 is 0 Å². The maximum atomic E-state index is 12.2. The van der Waals surface area contributed by atoms with E-state index in [4.69, 9.17) is 0 Å². The normalized spacial score (nSPS) is 10.8. The zero-order valence-electron chi connectivity index (χ0n) is 12.5. The highest BCUT2D eigenvalue weighted by molar-refractivity contribution is 5.83. The number of carbonyl (C=O) groups excluding carboxylic acids is 1. The highest BCUT2D eigenvalue weighted by atomic mass is 16.2. The fourth-order valence-corrected chi connectivity index (χ4v) is 2.28. The Morgan fingerprint density at radius 2 is 2.05 bits per heavy atom. The van der Waals surface area contributed by atoms with Crippen LogP contribution < -0.4 is 4.90 Å². The molecule has 0 atom stereocenters. The number of fused-ring (bicyclic) bond motifs is 1. The van der Waals surface area contributed by atoms with Gasteiger partial charge in [-0.15, -0.1) is 0 Å². The molecule has 108 valence electrons. The maximum absolute atomic E-state index is 12.2. The predicted molar refractivity (Wildman–Crippen MR) is 78.9 cm³/mol. The number of anilines is 1. The van der Waals surface area contributed by atoms with Crippen molar-refractivity contribution in [1.82, 2.24) is 19.5 Å². The van der Waals surface area contributed by atoms with Gasteiger partial charge in [-0.05, 0) is 26.8 Å². The summed E-state index contributed by atoms with van der Waals surface area (Å²) in [6.07, 6.45) is 3.51. The van der Waals surface area contributed by atoms with Gasteiger partial charge >= 0.3 is 0 Å². The quantitative estimate of drug-likeness (QED) is 0.826. The first-order chi connectivity index (χ1) is 9.56. The number of hydrogen-bond acceptors (Lipinski definition) is 4. The molecule has 0 aromatic carbocycles. The minimum Gasteiger partial charge on any atom is -0.349 e. The summed E-state index contributed by atoms with van der Waals surface area (Å²) in [5, 5.41) is 4.36. The molecule has 0 N–H and O–H groups in total. The number of amides is 1. The number of aromatic nitrogens is 3. The van der Waals surface area contributed by atoms with E-state index in [0.29, 0.717) is 6.54 Å². The molecule has 0 radical (unpaired) electrons. The van der Waals surface area contributed by atoms with Crippen LogP contribution in [0.5, 0.6) is 0 Å². The standard InChI is InChI=1S/C14H21N5O/c1-5-18(6-2)13(20)10-17(4)14-12-9-11(3)16-19(12)8-7-15-14/h7-9H,5-6,10H2,1-4H3. The molecular weight excluding hydrogens is 254 g/mol. The van der Waals surface area contributed by atoms with Crippen LogP contribution in [-0.2, 0) is 4.79 Å². The van der Waals surface area contributed by atoms with Crippen LogP contribution in [0.2, 0.25) is 0 Å². The maximum Gasteiger partial charge on any atom is 0.242 e. The molecule has 0 spiro atoms. The van der Waals surface area contributed by atoms with E-state index >= 15 is 0 Å². The third-order valence-electron chi connectivity index (χ3n) is 3.34. The van der Waals surface area contributed by atoms with Crippen molar-refractivity contribution < 1.29 is 4.79 Å². The van der Waals surface area contributed by atoms with Crippen molar-refractivity contribution in [3.05, 3.63) is 24.2 Å². The van der Waals surface area contributed by atoms with Crippen LogP contribution in [0.4, 0.5) is 5.82 Å². The lowest BCUT2D eigenvalue weighted by atomic mass is 10.3. The molecule has 2 heterocycles. The van der Waals surface area contributed by atoms with Gasteiger partial charge in [-0.2, -0.15) is 5.10 Å². The van der Waals surface area contributed by atoms with Crippen molar-refractivity contribution in [3.8, 4) is 0 Å². The largest absolute Gasteiger partial charge is 0.349 e. The van der Waals surface area contributed by atoms with Gasteiger partial charge in [0.2, 0.25) is 5.91 Å². The molecule has 0 saturated heterocycles. The fourth-order valence-electron chi connectivity index (χ4n) is 2.28. The lowest BCUT2D eigenvalue weighted by molar-refractivity contribution is -0.129. The van der Waals surface area contributed by atoms with Crippen molar-refractivity contribution in [2.75, 3.05) is 31.6 Å². The number of likely N-dealkylation sites (N-methyl/N-ethyl adjacent to an activating group) is 2. The molecule has 0 unspecified atom stereocenters. The first-order valence-corrected chi connectivity index (χ1v) is 6.86. The molecule has 0 aliphatic carbocycles. The van der Waals surface area contributed by atoms with Gasteiger partial charge in [-0.3, -0.25) is 4.79 Å². The minimum atomic E-state index is 0.109. The Morgan fingerprint density at radius 1 is 1.35 bits per heavy atom. The Hall–Kier alpha value is -2.11. The van der Waals surface area contributed by atoms with E-state index in [1.54, 1.807) is 10.7 Å². The van der Waals surface area contributed by atoms with E-state index in [9.17, 15) is 4.79 Å². The van der Waals surface area contributed by atoms with Gasteiger partial charge in [-0.1, -0.05) is 0 Å². The summed E-state index contributed by atoms with van der Waals surface area (Å²) in [5.41, 5.74) is 1.85. The Bertz CT molecular complexity index is 603. The first-order valence-electron chi connectivity index (χ1n) is 6.86. The smallest absolute Gasteiger partial charge is 0.242 e. The van der Waals surface area contributed by atoms with Gasteiger partial charge in [0.05, 0.1) is 12.2 Å². The third kappa shape index (κ3) is 2.74. The van der Waals surface area contributed by atoms with Crippen LogP contribution in [0.3, 0.4) is 0 Å². The monoisotopic (exact) mass is 275 g/mol. The molecule has 6 nitrogen and oxygen atoms in total. The summed E-state index contributed by atoms with van der Waals surface area (Å²) in [6.45, 7) is 7.69. The molecule has 6 heteroatoms. The van der Waals surface area contributed by atoms with E-state index < -0.39 is 0 Å². The van der Waals surface area contributed by atoms with E-state index in [2.05, 4.69) is 10.1 Å². The van der Waals surface area contributed by atoms with Crippen LogP contribution in [0.15, 0.2) is 18.5 Å². The Balaban J connectivity index is 2.23. The van der Waals surface area contributed by atoms with Gasteiger partial charge in [-0.25, -0.2) is 9.50 Å². The summed E-state index contributed by atoms with van der Waals surface area (Å²) in [6, 6.07) is 1.97. The van der Waals surface area contributed by atoms with Crippen LogP contribution in [0.1, 0.15) is 19.5 Å². The first kappa shape index (κ1) is 14.3. The molecule has 0 saturated carbocycles. The molecule has 0 aliphatic heterocycles. The lowest BCUT2D eigenvalue weighted by Gasteiger charge is -2.24. The molecule has 20 heavy (non-hydrogen) atoms. The second kappa shape index (κ2) is 5.90. The van der Waals surface area contributed by atoms with Crippen molar-refractivity contribution in [3.63, 3.8) is 0 Å². The number of hydrogen-bond donors (Lipinski definition) is 0. The average Bonchev–Trinajstić information content (AvgIpc) is 2.79.